The molecular weight excluding hydrogens is 302 g/mol. The van der Waals surface area contributed by atoms with E-state index in [0.29, 0.717) is 17.1 Å². The third-order valence-corrected chi connectivity index (χ3v) is 6.28. The highest BCUT2D eigenvalue weighted by atomic mass is 16.5. The zero-order valence-electron chi connectivity index (χ0n) is 14.1. The van der Waals surface area contributed by atoms with Crippen molar-refractivity contribution in [3.63, 3.8) is 0 Å². The molecule has 0 atom stereocenters. The van der Waals surface area contributed by atoms with Crippen molar-refractivity contribution in [1.82, 2.24) is 0 Å². The number of ether oxygens (including phenoxy) is 2. The number of nitriles is 1. The van der Waals surface area contributed by atoms with Crippen molar-refractivity contribution >= 4 is 5.78 Å². The van der Waals surface area contributed by atoms with Crippen LogP contribution < -0.4 is 9.47 Å². The van der Waals surface area contributed by atoms with Gasteiger partial charge in [0.1, 0.15) is 6.61 Å². The molecule has 4 bridgehead atoms. The van der Waals surface area contributed by atoms with Gasteiger partial charge < -0.3 is 9.47 Å². The summed E-state index contributed by atoms with van der Waals surface area (Å²) in [6.07, 6.45) is 7.17. The summed E-state index contributed by atoms with van der Waals surface area (Å²) in [6.45, 7) is 0.106. The van der Waals surface area contributed by atoms with Crippen molar-refractivity contribution < 1.29 is 14.3 Å². The van der Waals surface area contributed by atoms with E-state index < -0.39 is 0 Å². The van der Waals surface area contributed by atoms with Crippen LogP contribution in [0.1, 0.15) is 44.1 Å². The number of methoxy groups -OCH3 is 1. The van der Waals surface area contributed by atoms with Crippen LogP contribution in [-0.2, 0) is 4.79 Å². The molecule has 0 N–H and O–H groups in total. The van der Waals surface area contributed by atoms with Crippen LogP contribution in [-0.4, -0.2) is 19.5 Å². The third-order valence-electron chi connectivity index (χ3n) is 6.28. The van der Waals surface area contributed by atoms with Crippen LogP contribution in [0.15, 0.2) is 18.2 Å². The Bertz CT molecular complexity index is 668. The number of Topliss-reactive ketones (excluding diaryl/α,β-unsaturated/α-hetero) is 1. The van der Waals surface area contributed by atoms with Gasteiger partial charge in [0, 0.05) is 11.5 Å². The standard InChI is InChI=1S/C20H23NO3/c1-23-18-7-13(11-21)2-3-17(18)24-12-19(22)20-8-14-4-15(9-20)6-16(5-14)10-20/h2-3,7,14-16H,4-6,8-10,12H2,1H3. The Morgan fingerprint density at radius 2 is 1.79 bits per heavy atom. The van der Waals surface area contributed by atoms with Crippen LogP contribution in [0.3, 0.4) is 0 Å². The molecule has 126 valence electrons. The van der Waals surface area contributed by atoms with E-state index in [0.717, 1.165) is 37.0 Å². The van der Waals surface area contributed by atoms with E-state index in [2.05, 4.69) is 6.07 Å². The first-order chi connectivity index (χ1) is 11.6. The fourth-order valence-electron chi connectivity index (χ4n) is 5.60. The molecule has 4 heteroatoms. The molecule has 4 saturated carbocycles. The monoisotopic (exact) mass is 325 g/mol. The quantitative estimate of drug-likeness (QED) is 0.827. The molecule has 4 nitrogen and oxygen atoms in total. The van der Waals surface area contributed by atoms with E-state index in [1.54, 1.807) is 25.3 Å². The van der Waals surface area contributed by atoms with Crippen LogP contribution in [0, 0.1) is 34.5 Å². The fraction of sp³-hybridized carbons (Fsp3) is 0.600. The van der Waals surface area contributed by atoms with Crippen LogP contribution in [0.2, 0.25) is 0 Å². The molecule has 5 rings (SSSR count). The summed E-state index contributed by atoms with van der Waals surface area (Å²) in [6, 6.07) is 7.12. The first-order valence-corrected chi connectivity index (χ1v) is 8.86. The van der Waals surface area contributed by atoms with E-state index >= 15 is 0 Å². The Morgan fingerprint density at radius 1 is 1.17 bits per heavy atom. The Hall–Kier alpha value is -2.02. The van der Waals surface area contributed by atoms with Crippen LogP contribution in [0.4, 0.5) is 0 Å². The molecule has 0 unspecified atom stereocenters. The number of carbonyl (C=O) groups is 1. The zero-order chi connectivity index (χ0) is 16.7. The van der Waals surface area contributed by atoms with E-state index in [1.807, 2.05) is 0 Å². The van der Waals surface area contributed by atoms with Gasteiger partial charge in [-0.25, -0.2) is 0 Å². The van der Waals surface area contributed by atoms with Gasteiger partial charge in [0.05, 0.1) is 18.7 Å². The smallest absolute Gasteiger partial charge is 0.176 e. The predicted octanol–water partition coefficient (Wildman–Crippen LogP) is 3.73. The maximum atomic E-state index is 13.0. The number of hydrogen-bond acceptors (Lipinski definition) is 4. The molecule has 4 aliphatic carbocycles. The minimum absolute atomic E-state index is 0.106. The molecule has 1 aromatic carbocycles. The topological polar surface area (TPSA) is 59.3 Å². The van der Waals surface area contributed by atoms with Crippen molar-refractivity contribution in [2.75, 3.05) is 13.7 Å². The van der Waals surface area contributed by atoms with Gasteiger partial charge in [0.2, 0.25) is 0 Å². The summed E-state index contributed by atoms with van der Waals surface area (Å²) in [7, 11) is 1.55. The number of nitrogens with zero attached hydrogens (tertiary/aromatic N) is 1. The molecule has 0 radical (unpaired) electrons. The minimum atomic E-state index is -0.130. The van der Waals surface area contributed by atoms with Gasteiger partial charge >= 0.3 is 0 Å². The Kier molecular flexibility index (Phi) is 3.75. The van der Waals surface area contributed by atoms with Crippen molar-refractivity contribution in [2.45, 2.75) is 38.5 Å². The lowest BCUT2D eigenvalue weighted by Crippen LogP contribution is -2.51. The minimum Gasteiger partial charge on any atom is -0.493 e. The molecule has 1 aromatic rings. The van der Waals surface area contributed by atoms with Gasteiger partial charge in [-0.2, -0.15) is 5.26 Å². The second-order valence-electron chi connectivity index (χ2n) is 7.89. The number of carbonyl (C=O) groups excluding carboxylic acids is 1. The lowest BCUT2D eigenvalue weighted by molar-refractivity contribution is -0.146. The van der Waals surface area contributed by atoms with Crippen molar-refractivity contribution in [2.24, 2.45) is 23.2 Å². The van der Waals surface area contributed by atoms with Crippen molar-refractivity contribution in [3.8, 4) is 17.6 Å². The molecule has 24 heavy (non-hydrogen) atoms. The Morgan fingerprint density at radius 3 is 2.33 bits per heavy atom. The van der Waals surface area contributed by atoms with E-state index in [1.165, 1.54) is 19.3 Å². The number of hydrogen-bond donors (Lipinski definition) is 0. The zero-order valence-corrected chi connectivity index (χ0v) is 14.1. The molecule has 0 saturated heterocycles. The van der Waals surface area contributed by atoms with E-state index in [9.17, 15) is 4.79 Å². The van der Waals surface area contributed by atoms with Gasteiger partial charge in [-0.1, -0.05) is 0 Å². The fourth-order valence-corrected chi connectivity index (χ4v) is 5.60. The Labute approximate surface area is 142 Å². The number of rotatable bonds is 5. The molecule has 0 aromatic heterocycles. The molecular formula is C20H23NO3. The summed E-state index contributed by atoms with van der Waals surface area (Å²) in [5.74, 6) is 3.56. The molecule has 0 heterocycles. The number of benzene rings is 1. The number of ketones is 1. The summed E-state index contributed by atoms with van der Waals surface area (Å²) in [5, 5.41) is 8.96. The summed E-state index contributed by atoms with van der Waals surface area (Å²) >= 11 is 0. The highest BCUT2D eigenvalue weighted by Crippen LogP contribution is 2.60. The third kappa shape index (κ3) is 2.56. The normalized spacial score (nSPS) is 33.1. The summed E-state index contributed by atoms with van der Waals surface area (Å²) in [4.78, 5) is 13.0. The van der Waals surface area contributed by atoms with Crippen LogP contribution in [0.25, 0.3) is 0 Å². The molecule has 0 amide bonds. The average Bonchev–Trinajstić information content (AvgIpc) is 2.58. The van der Waals surface area contributed by atoms with Gasteiger partial charge in [-0.05, 0) is 68.4 Å². The largest absolute Gasteiger partial charge is 0.493 e. The lowest BCUT2D eigenvalue weighted by atomic mass is 9.48. The molecule has 4 fully saturated rings. The van der Waals surface area contributed by atoms with Gasteiger partial charge in [0.15, 0.2) is 17.3 Å². The SMILES string of the molecule is COc1cc(C#N)ccc1OCC(=O)C12CC3CC(CC(C3)C1)C2. The molecule has 0 spiro atoms. The molecule has 4 aliphatic rings. The second-order valence-corrected chi connectivity index (χ2v) is 7.89. The Balaban J connectivity index is 1.47. The summed E-state index contributed by atoms with van der Waals surface area (Å²) in [5.41, 5.74) is 0.390. The van der Waals surface area contributed by atoms with E-state index in [-0.39, 0.29) is 17.8 Å². The first kappa shape index (κ1) is 15.5. The van der Waals surface area contributed by atoms with Crippen LogP contribution in [0.5, 0.6) is 11.5 Å². The van der Waals surface area contributed by atoms with Gasteiger partial charge in [-0.3, -0.25) is 4.79 Å². The van der Waals surface area contributed by atoms with Gasteiger partial charge in [0.25, 0.3) is 0 Å². The lowest BCUT2D eigenvalue weighted by Gasteiger charge is -2.55. The highest BCUT2D eigenvalue weighted by molar-refractivity contribution is 5.86. The average molecular weight is 325 g/mol. The highest BCUT2D eigenvalue weighted by Gasteiger charge is 2.54. The van der Waals surface area contributed by atoms with Crippen molar-refractivity contribution in [1.29, 1.82) is 5.26 Å². The molecule has 0 aliphatic heterocycles. The van der Waals surface area contributed by atoms with Gasteiger partial charge in [-0.15, -0.1) is 0 Å². The second kappa shape index (κ2) is 5.81. The van der Waals surface area contributed by atoms with Crippen LogP contribution >= 0.6 is 0 Å². The first-order valence-electron chi connectivity index (χ1n) is 8.86. The predicted molar refractivity (Wildman–Crippen MR) is 88.8 cm³/mol. The summed E-state index contributed by atoms with van der Waals surface area (Å²) < 4.78 is 11.1. The van der Waals surface area contributed by atoms with Crippen molar-refractivity contribution in [3.05, 3.63) is 23.8 Å². The maximum absolute atomic E-state index is 13.0. The maximum Gasteiger partial charge on any atom is 0.176 e. The van der Waals surface area contributed by atoms with E-state index in [4.69, 9.17) is 14.7 Å².